The fraction of sp³-hybridized carbons (Fsp3) is 0.786. The number of nitrogens with one attached hydrogen (secondary N) is 1. The van der Waals surface area contributed by atoms with Gasteiger partial charge in [0.15, 0.2) is 0 Å². The first-order chi connectivity index (χ1) is 9.04. The van der Waals surface area contributed by atoms with Gasteiger partial charge < -0.3 is 4.98 Å². The molecule has 1 heterocycles. The Bertz CT molecular complexity index is 427. The lowest BCUT2D eigenvalue weighted by Gasteiger charge is -2.29. The van der Waals surface area contributed by atoms with Gasteiger partial charge in [-0.1, -0.05) is 6.42 Å². The second-order valence-electron chi connectivity index (χ2n) is 5.86. The van der Waals surface area contributed by atoms with Crippen molar-refractivity contribution in [3.8, 4) is 0 Å². The summed E-state index contributed by atoms with van der Waals surface area (Å²) < 4.78 is 38.5. The quantitative estimate of drug-likeness (QED) is 0.818. The van der Waals surface area contributed by atoms with Crippen LogP contribution in [0.3, 0.4) is 0 Å². The first kappa shape index (κ1) is 13.0. The molecule has 0 bridgehead atoms. The van der Waals surface area contributed by atoms with Crippen LogP contribution >= 0.6 is 0 Å². The van der Waals surface area contributed by atoms with Gasteiger partial charge in [-0.25, -0.2) is 4.98 Å². The number of imidazole rings is 1. The van der Waals surface area contributed by atoms with Crippen LogP contribution in [0, 0.1) is 5.92 Å². The molecule has 1 aromatic heterocycles. The Hall–Kier alpha value is -1.00. The van der Waals surface area contributed by atoms with E-state index in [2.05, 4.69) is 9.97 Å². The van der Waals surface area contributed by atoms with E-state index >= 15 is 0 Å². The fourth-order valence-corrected chi connectivity index (χ4v) is 3.40. The molecule has 0 saturated heterocycles. The summed E-state index contributed by atoms with van der Waals surface area (Å²) in [6.45, 7) is 0. The first-order valence-corrected chi connectivity index (χ1v) is 7.18. The number of aryl methyl sites for hydroxylation is 2. The number of aromatic nitrogens is 2. The lowest BCUT2D eigenvalue weighted by atomic mass is 9.80. The van der Waals surface area contributed by atoms with E-state index in [9.17, 15) is 13.2 Å². The number of H-pyrrole nitrogens is 1. The number of fused-ring (bicyclic) bond motifs is 1. The molecule has 2 aliphatic rings. The molecule has 0 spiro atoms. The predicted octanol–water partition coefficient (Wildman–Crippen LogP) is 4.12. The van der Waals surface area contributed by atoms with E-state index in [1.807, 2.05) is 0 Å². The summed E-state index contributed by atoms with van der Waals surface area (Å²) in [6, 6.07) is 0. The number of hydrogen-bond acceptors (Lipinski definition) is 1. The Balaban J connectivity index is 1.76. The summed E-state index contributed by atoms with van der Waals surface area (Å²) >= 11 is 0. The zero-order valence-corrected chi connectivity index (χ0v) is 10.9. The van der Waals surface area contributed by atoms with Crippen molar-refractivity contribution in [2.24, 2.45) is 5.92 Å². The molecule has 2 nitrogen and oxygen atoms in total. The fourth-order valence-electron chi connectivity index (χ4n) is 3.40. The van der Waals surface area contributed by atoms with Gasteiger partial charge in [0.25, 0.3) is 0 Å². The molecule has 0 aliphatic heterocycles. The molecule has 1 aromatic rings. The van der Waals surface area contributed by atoms with E-state index in [0.29, 0.717) is 6.42 Å². The Morgan fingerprint density at radius 1 is 1.05 bits per heavy atom. The highest BCUT2D eigenvalue weighted by atomic mass is 19.4. The van der Waals surface area contributed by atoms with Gasteiger partial charge in [-0.2, -0.15) is 13.2 Å². The number of hydrogen-bond donors (Lipinski definition) is 1. The lowest BCUT2D eigenvalue weighted by molar-refractivity contribution is -0.183. The summed E-state index contributed by atoms with van der Waals surface area (Å²) in [5.74, 6) is -0.375. The van der Waals surface area contributed by atoms with E-state index in [1.54, 1.807) is 0 Å². The second-order valence-corrected chi connectivity index (χ2v) is 5.86. The van der Waals surface area contributed by atoms with Crippen LogP contribution in [0.2, 0.25) is 0 Å². The number of nitrogens with zero attached hydrogens (tertiary/aromatic N) is 1. The molecular weight excluding hydrogens is 253 g/mol. The maximum Gasteiger partial charge on any atom is 0.391 e. The van der Waals surface area contributed by atoms with Crippen LogP contribution in [0.25, 0.3) is 0 Å². The van der Waals surface area contributed by atoms with Crippen LogP contribution in [-0.4, -0.2) is 16.1 Å². The van der Waals surface area contributed by atoms with Crippen LogP contribution in [0.15, 0.2) is 0 Å². The highest BCUT2D eigenvalue weighted by molar-refractivity contribution is 5.19. The van der Waals surface area contributed by atoms with Crippen molar-refractivity contribution in [2.75, 3.05) is 0 Å². The topological polar surface area (TPSA) is 28.7 Å². The Kier molecular flexibility index (Phi) is 3.31. The van der Waals surface area contributed by atoms with Gasteiger partial charge in [0, 0.05) is 11.6 Å². The van der Waals surface area contributed by atoms with Crippen molar-refractivity contribution in [2.45, 2.75) is 63.5 Å². The molecule has 1 saturated carbocycles. The Morgan fingerprint density at radius 2 is 1.84 bits per heavy atom. The molecule has 2 aliphatic carbocycles. The number of aromatic amines is 1. The number of halogens is 3. The normalized spacial score (nSPS) is 28.2. The maximum absolute atomic E-state index is 12.8. The summed E-state index contributed by atoms with van der Waals surface area (Å²) in [4.78, 5) is 7.86. The van der Waals surface area contributed by atoms with E-state index < -0.39 is 12.1 Å². The van der Waals surface area contributed by atoms with Crippen LogP contribution in [0.1, 0.15) is 61.7 Å². The van der Waals surface area contributed by atoms with Crippen LogP contribution in [0.4, 0.5) is 13.2 Å². The molecule has 106 valence electrons. The first-order valence-electron chi connectivity index (χ1n) is 7.18. The van der Waals surface area contributed by atoms with Gasteiger partial charge in [-0.05, 0) is 44.9 Å². The zero-order valence-electron chi connectivity index (χ0n) is 10.9. The molecule has 3 rings (SSSR count). The molecule has 2 unspecified atom stereocenters. The van der Waals surface area contributed by atoms with Gasteiger partial charge in [-0.3, -0.25) is 0 Å². The maximum atomic E-state index is 12.8. The Morgan fingerprint density at radius 3 is 2.58 bits per heavy atom. The summed E-state index contributed by atoms with van der Waals surface area (Å²) in [5.41, 5.74) is 2.26. The summed E-state index contributed by atoms with van der Waals surface area (Å²) in [5, 5.41) is 0. The van der Waals surface area contributed by atoms with Crippen LogP contribution in [0.5, 0.6) is 0 Å². The molecule has 19 heavy (non-hydrogen) atoms. The van der Waals surface area contributed by atoms with Crippen molar-refractivity contribution < 1.29 is 13.2 Å². The third-order valence-electron chi connectivity index (χ3n) is 4.50. The van der Waals surface area contributed by atoms with Gasteiger partial charge in [-0.15, -0.1) is 0 Å². The van der Waals surface area contributed by atoms with Crippen molar-refractivity contribution >= 4 is 0 Å². The summed E-state index contributed by atoms with van der Waals surface area (Å²) in [7, 11) is 0. The molecule has 2 atom stereocenters. The van der Waals surface area contributed by atoms with E-state index in [1.165, 1.54) is 0 Å². The molecule has 1 fully saturated rings. The summed E-state index contributed by atoms with van der Waals surface area (Å²) in [6.07, 6.45) is 2.19. The molecule has 0 radical (unpaired) electrons. The highest BCUT2D eigenvalue weighted by Gasteiger charge is 2.43. The lowest BCUT2D eigenvalue weighted by Crippen LogP contribution is -2.28. The van der Waals surface area contributed by atoms with Crippen molar-refractivity contribution in [1.29, 1.82) is 0 Å². The van der Waals surface area contributed by atoms with Crippen molar-refractivity contribution in [3.05, 3.63) is 17.2 Å². The monoisotopic (exact) mass is 272 g/mol. The number of alkyl halides is 3. The van der Waals surface area contributed by atoms with E-state index in [0.717, 1.165) is 49.3 Å². The molecule has 1 N–H and O–H groups in total. The van der Waals surface area contributed by atoms with Gasteiger partial charge in [0.2, 0.25) is 0 Å². The number of rotatable bonds is 1. The van der Waals surface area contributed by atoms with Crippen LogP contribution < -0.4 is 0 Å². The molecule has 5 heteroatoms. The minimum atomic E-state index is -4.05. The third kappa shape index (κ3) is 2.65. The standard InChI is InChI=1S/C14H19F3N2/c15-14(16,17)10-5-3-4-9(8-10)13-18-11-6-1-2-7-12(11)19-13/h9-10H,1-8H2,(H,18,19). The van der Waals surface area contributed by atoms with E-state index in [4.69, 9.17) is 0 Å². The predicted molar refractivity (Wildman–Crippen MR) is 66.0 cm³/mol. The van der Waals surface area contributed by atoms with E-state index in [-0.39, 0.29) is 18.8 Å². The van der Waals surface area contributed by atoms with Crippen molar-refractivity contribution in [3.63, 3.8) is 0 Å². The molecule has 0 aromatic carbocycles. The Labute approximate surface area is 110 Å². The minimum Gasteiger partial charge on any atom is -0.345 e. The second kappa shape index (κ2) is 4.84. The SMILES string of the molecule is FC(F)(F)C1CCCC(c2nc3c([nH]2)CCCC3)C1. The van der Waals surface area contributed by atoms with Crippen molar-refractivity contribution in [1.82, 2.24) is 9.97 Å². The zero-order chi connectivity index (χ0) is 13.5. The van der Waals surface area contributed by atoms with Gasteiger partial charge >= 0.3 is 6.18 Å². The van der Waals surface area contributed by atoms with Gasteiger partial charge in [0.05, 0.1) is 11.6 Å². The average Bonchev–Trinajstić information content (AvgIpc) is 2.81. The molecule has 0 amide bonds. The third-order valence-corrected chi connectivity index (χ3v) is 4.50. The average molecular weight is 272 g/mol. The molecular formula is C14H19F3N2. The van der Waals surface area contributed by atoms with Gasteiger partial charge in [0.1, 0.15) is 5.82 Å². The smallest absolute Gasteiger partial charge is 0.345 e. The highest BCUT2D eigenvalue weighted by Crippen LogP contribution is 2.43. The largest absolute Gasteiger partial charge is 0.391 e. The van der Waals surface area contributed by atoms with Crippen LogP contribution in [-0.2, 0) is 12.8 Å². The minimum absolute atomic E-state index is 0.0361.